The highest BCUT2D eigenvalue weighted by Gasteiger charge is 2.49. The van der Waals surface area contributed by atoms with Crippen molar-refractivity contribution in [1.82, 2.24) is 4.98 Å². The molecule has 1 aromatic heterocycles. The second kappa shape index (κ2) is 5.06. The van der Waals surface area contributed by atoms with Gasteiger partial charge >= 0.3 is 0 Å². The van der Waals surface area contributed by atoms with Crippen molar-refractivity contribution in [3.8, 4) is 11.1 Å². The fraction of sp³-hybridized carbons (Fsp3) is 0.389. The molecule has 0 unspecified atom stereocenters. The van der Waals surface area contributed by atoms with Gasteiger partial charge in [0.1, 0.15) is 11.6 Å². The molecule has 0 bridgehead atoms. The molecule has 2 saturated heterocycles. The van der Waals surface area contributed by atoms with Crippen LogP contribution in [0.15, 0.2) is 36.5 Å². The molecule has 2 aliphatic rings. The molecule has 1 spiro atoms. The molecule has 0 aliphatic carbocycles. The van der Waals surface area contributed by atoms with E-state index in [1.54, 1.807) is 12.3 Å². The Morgan fingerprint density at radius 2 is 1.95 bits per heavy atom. The van der Waals surface area contributed by atoms with Gasteiger partial charge in [0.05, 0.1) is 18.6 Å². The van der Waals surface area contributed by atoms with Gasteiger partial charge in [0.25, 0.3) is 0 Å². The van der Waals surface area contributed by atoms with Gasteiger partial charge in [-0.05, 0) is 24.1 Å². The van der Waals surface area contributed by atoms with Gasteiger partial charge in [-0.15, -0.1) is 0 Å². The van der Waals surface area contributed by atoms with E-state index in [0.29, 0.717) is 11.0 Å². The van der Waals surface area contributed by atoms with E-state index in [2.05, 4.69) is 16.8 Å². The van der Waals surface area contributed by atoms with Crippen LogP contribution in [-0.4, -0.2) is 31.3 Å². The van der Waals surface area contributed by atoms with E-state index in [0.717, 1.165) is 49.7 Å². The molecule has 114 valence electrons. The Morgan fingerprint density at radius 1 is 1.18 bits per heavy atom. The Hall–Kier alpha value is -1.94. The van der Waals surface area contributed by atoms with E-state index in [4.69, 9.17) is 4.74 Å². The number of halogens is 1. The minimum absolute atomic E-state index is 0.179. The van der Waals surface area contributed by atoms with E-state index in [1.807, 2.05) is 18.2 Å². The van der Waals surface area contributed by atoms with E-state index in [-0.39, 0.29) is 5.82 Å². The molecule has 4 heteroatoms. The standard InChI is InChI=1S/C18H19FN2O/c1-2-13-14(15-5-3-4-6-16(15)19)7-8-20-17(13)21-9-18(10-21)11-22-12-18/h3-8H,2,9-12H2,1H3. The molecule has 2 fully saturated rings. The van der Waals surface area contributed by atoms with Crippen molar-refractivity contribution >= 4 is 5.82 Å². The van der Waals surface area contributed by atoms with Crippen LogP contribution in [-0.2, 0) is 11.2 Å². The molecule has 2 aromatic rings. The van der Waals surface area contributed by atoms with Gasteiger partial charge < -0.3 is 9.64 Å². The van der Waals surface area contributed by atoms with Crippen molar-refractivity contribution in [3.05, 3.63) is 47.9 Å². The van der Waals surface area contributed by atoms with Gasteiger partial charge in [0.15, 0.2) is 0 Å². The van der Waals surface area contributed by atoms with E-state index >= 15 is 0 Å². The minimum Gasteiger partial charge on any atom is -0.380 e. The summed E-state index contributed by atoms with van der Waals surface area (Å²) < 4.78 is 19.5. The lowest BCUT2D eigenvalue weighted by atomic mass is 9.77. The zero-order valence-corrected chi connectivity index (χ0v) is 12.7. The van der Waals surface area contributed by atoms with Crippen LogP contribution in [0.25, 0.3) is 11.1 Å². The number of aromatic nitrogens is 1. The lowest BCUT2D eigenvalue weighted by Crippen LogP contribution is -2.66. The third-order valence-electron chi connectivity index (χ3n) is 4.72. The van der Waals surface area contributed by atoms with E-state index in [1.165, 1.54) is 6.07 Å². The van der Waals surface area contributed by atoms with Crippen molar-refractivity contribution in [2.24, 2.45) is 5.41 Å². The molecule has 0 N–H and O–H groups in total. The Balaban J connectivity index is 1.72. The van der Waals surface area contributed by atoms with Crippen molar-refractivity contribution < 1.29 is 9.13 Å². The van der Waals surface area contributed by atoms with Crippen molar-refractivity contribution in [2.75, 3.05) is 31.2 Å². The van der Waals surface area contributed by atoms with Gasteiger partial charge in [-0.2, -0.15) is 0 Å². The summed E-state index contributed by atoms with van der Waals surface area (Å²) in [4.78, 5) is 6.87. The van der Waals surface area contributed by atoms with Crippen LogP contribution in [0.2, 0.25) is 0 Å². The van der Waals surface area contributed by atoms with Crippen LogP contribution in [0.1, 0.15) is 12.5 Å². The normalized spacial score (nSPS) is 18.9. The van der Waals surface area contributed by atoms with Crippen molar-refractivity contribution in [3.63, 3.8) is 0 Å². The zero-order chi connectivity index (χ0) is 15.2. The zero-order valence-electron chi connectivity index (χ0n) is 12.7. The first-order valence-electron chi connectivity index (χ1n) is 7.78. The number of benzene rings is 1. The second-order valence-electron chi connectivity index (χ2n) is 6.34. The van der Waals surface area contributed by atoms with Gasteiger partial charge in [0.2, 0.25) is 0 Å². The predicted molar refractivity (Wildman–Crippen MR) is 84.5 cm³/mol. The number of anilines is 1. The SMILES string of the molecule is CCc1c(-c2ccccc2F)ccnc1N1CC2(COC2)C1. The van der Waals surface area contributed by atoms with Crippen LogP contribution in [0, 0.1) is 11.2 Å². The maximum Gasteiger partial charge on any atom is 0.132 e. The summed E-state index contributed by atoms with van der Waals surface area (Å²) in [7, 11) is 0. The van der Waals surface area contributed by atoms with Crippen LogP contribution in [0.4, 0.5) is 10.2 Å². The molecule has 0 radical (unpaired) electrons. The maximum absolute atomic E-state index is 14.2. The largest absolute Gasteiger partial charge is 0.380 e. The highest BCUT2D eigenvalue weighted by molar-refractivity contribution is 5.73. The van der Waals surface area contributed by atoms with Crippen molar-refractivity contribution in [1.29, 1.82) is 0 Å². The summed E-state index contributed by atoms with van der Waals surface area (Å²) in [5, 5.41) is 0. The number of ether oxygens (including phenoxy) is 1. The third-order valence-corrected chi connectivity index (χ3v) is 4.72. The molecule has 1 aromatic carbocycles. The number of nitrogens with zero attached hydrogens (tertiary/aromatic N) is 2. The summed E-state index contributed by atoms with van der Waals surface area (Å²) in [6.07, 6.45) is 2.63. The molecule has 2 aliphatic heterocycles. The summed E-state index contributed by atoms with van der Waals surface area (Å²) >= 11 is 0. The van der Waals surface area contributed by atoms with Gasteiger partial charge in [-0.3, -0.25) is 0 Å². The molecule has 3 nitrogen and oxygen atoms in total. The van der Waals surface area contributed by atoms with Crippen LogP contribution in [0.3, 0.4) is 0 Å². The smallest absolute Gasteiger partial charge is 0.132 e. The summed E-state index contributed by atoms with van der Waals surface area (Å²) in [5.41, 5.74) is 3.09. The average Bonchev–Trinajstić information content (AvgIpc) is 2.44. The Bertz CT molecular complexity index is 704. The summed E-state index contributed by atoms with van der Waals surface area (Å²) in [6.45, 7) is 5.81. The highest BCUT2D eigenvalue weighted by Crippen LogP contribution is 2.42. The van der Waals surface area contributed by atoms with Gasteiger partial charge in [0, 0.05) is 30.4 Å². The first-order valence-corrected chi connectivity index (χ1v) is 7.78. The monoisotopic (exact) mass is 298 g/mol. The molecule has 0 atom stereocenters. The quantitative estimate of drug-likeness (QED) is 0.869. The maximum atomic E-state index is 14.2. The second-order valence-corrected chi connectivity index (χ2v) is 6.34. The molecular formula is C18H19FN2O. The Labute approximate surface area is 129 Å². The first kappa shape index (κ1) is 13.7. The number of hydrogen-bond acceptors (Lipinski definition) is 3. The molecule has 0 saturated carbocycles. The van der Waals surface area contributed by atoms with Crippen molar-refractivity contribution in [2.45, 2.75) is 13.3 Å². The van der Waals surface area contributed by atoms with Crippen LogP contribution < -0.4 is 4.90 Å². The average molecular weight is 298 g/mol. The topological polar surface area (TPSA) is 25.4 Å². The van der Waals surface area contributed by atoms with E-state index in [9.17, 15) is 4.39 Å². The number of rotatable bonds is 3. The lowest BCUT2D eigenvalue weighted by molar-refractivity contribution is -0.127. The summed E-state index contributed by atoms with van der Waals surface area (Å²) in [5.74, 6) is 0.822. The molecule has 4 rings (SSSR count). The first-order chi connectivity index (χ1) is 10.7. The predicted octanol–water partition coefficient (Wildman–Crippen LogP) is 3.29. The molecule has 3 heterocycles. The third kappa shape index (κ3) is 2.02. The van der Waals surface area contributed by atoms with Gasteiger partial charge in [-0.25, -0.2) is 9.37 Å². The van der Waals surface area contributed by atoms with E-state index < -0.39 is 0 Å². The fourth-order valence-corrected chi connectivity index (χ4v) is 3.52. The molecular weight excluding hydrogens is 279 g/mol. The summed E-state index contributed by atoms with van der Waals surface area (Å²) in [6, 6.07) is 8.87. The number of hydrogen-bond donors (Lipinski definition) is 0. The van der Waals surface area contributed by atoms with Gasteiger partial charge in [-0.1, -0.05) is 25.1 Å². The molecule has 0 amide bonds. The Morgan fingerprint density at radius 3 is 2.59 bits per heavy atom. The Kier molecular flexibility index (Phi) is 3.15. The molecule has 22 heavy (non-hydrogen) atoms. The van der Waals surface area contributed by atoms with Crippen LogP contribution in [0.5, 0.6) is 0 Å². The minimum atomic E-state index is -0.179. The fourth-order valence-electron chi connectivity index (χ4n) is 3.52. The van der Waals surface area contributed by atoms with Crippen LogP contribution >= 0.6 is 0 Å². The number of pyridine rings is 1. The lowest BCUT2D eigenvalue weighted by Gasteiger charge is -2.55. The highest BCUT2D eigenvalue weighted by atomic mass is 19.1.